The van der Waals surface area contributed by atoms with Crippen molar-refractivity contribution in [3.63, 3.8) is 0 Å². The lowest BCUT2D eigenvalue weighted by molar-refractivity contribution is -0.146. The molecule has 0 radical (unpaired) electrons. The number of hydrogen-bond acceptors (Lipinski definition) is 2. The molecule has 1 saturated carbocycles. The lowest BCUT2D eigenvalue weighted by Gasteiger charge is -2.30. The largest absolute Gasteiger partial charge is 0.345 e. The maximum absolute atomic E-state index is 12.3. The minimum Gasteiger partial charge on any atom is -0.345 e. The van der Waals surface area contributed by atoms with Crippen LogP contribution in [0, 0.1) is 5.92 Å². The van der Waals surface area contributed by atoms with Gasteiger partial charge in [0.1, 0.15) is 0 Å². The molecule has 2 atom stereocenters. The molecule has 0 aromatic carbocycles. The molecule has 1 fully saturated rings. The van der Waals surface area contributed by atoms with Gasteiger partial charge in [-0.2, -0.15) is 0 Å². The summed E-state index contributed by atoms with van der Waals surface area (Å²) in [6.45, 7) is 7.77. The number of amides is 2. The van der Waals surface area contributed by atoms with Crippen LogP contribution in [0.2, 0.25) is 0 Å². The number of hydrogen-bond donors (Lipinski definition) is 1. The fourth-order valence-corrected chi connectivity index (χ4v) is 2.92. The summed E-state index contributed by atoms with van der Waals surface area (Å²) in [5.74, 6) is -0.258. The molecule has 0 saturated heterocycles. The maximum Gasteiger partial charge on any atom is 0.311 e. The van der Waals surface area contributed by atoms with E-state index in [9.17, 15) is 9.59 Å². The highest BCUT2D eigenvalue weighted by Crippen LogP contribution is 2.23. The normalized spacial score (nSPS) is 21.9. The van der Waals surface area contributed by atoms with E-state index in [1.54, 1.807) is 4.90 Å². The van der Waals surface area contributed by atoms with Crippen LogP contribution in [0.1, 0.15) is 72.1 Å². The van der Waals surface area contributed by atoms with Crippen molar-refractivity contribution in [3.05, 3.63) is 0 Å². The molecule has 4 heteroatoms. The SMILES string of the molecule is CCCCN(CCCC)C(=O)C(=O)NC1CCCCC1C. The molecular formula is C17H32N2O2. The predicted octanol–water partition coefficient (Wildman–Crippen LogP) is 3.11. The molecule has 2 unspecified atom stereocenters. The molecule has 0 bridgehead atoms. The van der Waals surface area contributed by atoms with E-state index in [-0.39, 0.29) is 11.9 Å². The first kappa shape index (κ1) is 18.0. The van der Waals surface area contributed by atoms with Gasteiger partial charge in [-0.05, 0) is 31.6 Å². The van der Waals surface area contributed by atoms with E-state index in [0.717, 1.165) is 44.9 Å². The number of carbonyl (C=O) groups excluding carboxylic acids is 2. The fraction of sp³-hybridized carbons (Fsp3) is 0.882. The van der Waals surface area contributed by atoms with Gasteiger partial charge in [0.05, 0.1) is 0 Å². The van der Waals surface area contributed by atoms with Crippen molar-refractivity contribution in [2.24, 2.45) is 5.92 Å². The van der Waals surface area contributed by atoms with Crippen molar-refractivity contribution in [2.45, 2.75) is 78.2 Å². The second-order valence-corrected chi connectivity index (χ2v) is 6.34. The minimum atomic E-state index is -0.402. The Balaban J connectivity index is 2.53. The van der Waals surface area contributed by atoms with Crippen LogP contribution in [-0.2, 0) is 9.59 Å². The predicted molar refractivity (Wildman–Crippen MR) is 86.0 cm³/mol. The van der Waals surface area contributed by atoms with Gasteiger partial charge in [-0.1, -0.05) is 46.5 Å². The minimum absolute atomic E-state index is 0.175. The Labute approximate surface area is 129 Å². The Bertz CT molecular complexity index is 323. The quantitative estimate of drug-likeness (QED) is 0.734. The molecule has 21 heavy (non-hydrogen) atoms. The van der Waals surface area contributed by atoms with Crippen LogP contribution in [0.4, 0.5) is 0 Å². The monoisotopic (exact) mass is 296 g/mol. The van der Waals surface area contributed by atoms with Gasteiger partial charge in [0.2, 0.25) is 0 Å². The zero-order valence-corrected chi connectivity index (χ0v) is 14.0. The average Bonchev–Trinajstić information content (AvgIpc) is 2.49. The third-order valence-corrected chi connectivity index (χ3v) is 4.47. The average molecular weight is 296 g/mol. The van der Waals surface area contributed by atoms with Crippen LogP contribution in [0.25, 0.3) is 0 Å². The van der Waals surface area contributed by atoms with Crippen molar-refractivity contribution in [1.82, 2.24) is 10.2 Å². The van der Waals surface area contributed by atoms with Gasteiger partial charge >= 0.3 is 11.8 Å². The van der Waals surface area contributed by atoms with Crippen molar-refractivity contribution >= 4 is 11.8 Å². The summed E-state index contributed by atoms with van der Waals surface area (Å²) < 4.78 is 0. The zero-order chi connectivity index (χ0) is 15.7. The Hall–Kier alpha value is -1.06. The summed E-state index contributed by atoms with van der Waals surface area (Å²) in [6, 6.07) is 0.175. The van der Waals surface area contributed by atoms with E-state index in [1.807, 2.05) is 0 Å². The molecular weight excluding hydrogens is 264 g/mol. The maximum atomic E-state index is 12.3. The third-order valence-electron chi connectivity index (χ3n) is 4.47. The number of unbranched alkanes of at least 4 members (excludes halogenated alkanes) is 2. The van der Waals surface area contributed by atoms with Gasteiger partial charge in [0, 0.05) is 19.1 Å². The molecule has 1 aliphatic carbocycles. The number of carbonyl (C=O) groups is 2. The molecule has 1 rings (SSSR count). The van der Waals surface area contributed by atoms with E-state index >= 15 is 0 Å². The van der Waals surface area contributed by atoms with Crippen LogP contribution in [0.5, 0.6) is 0 Å². The summed E-state index contributed by atoms with van der Waals surface area (Å²) in [6.07, 6.45) is 8.54. The summed E-state index contributed by atoms with van der Waals surface area (Å²) in [4.78, 5) is 26.3. The van der Waals surface area contributed by atoms with Crippen LogP contribution >= 0.6 is 0 Å². The van der Waals surface area contributed by atoms with E-state index in [2.05, 4.69) is 26.1 Å². The van der Waals surface area contributed by atoms with Crippen LogP contribution in [0.3, 0.4) is 0 Å². The summed E-state index contributed by atoms with van der Waals surface area (Å²) in [7, 11) is 0. The molecule has 0 heterocycles. The van der Waals surface area contributed by atoms with Crippen LogP contribution < -0.4 is 5.32 Å². The Morgan fingerprint density at radius 3 is 2.14 bits per heavy atom. The molecule has 0 aromatic heterocycles. The highest BCUT2D eigenvalue weighted by atomic mass is 16.2. The van der Waals surface area contributed by atoms with E-state index in [0.29, 0.717) is 19.0 Å². The first-order valence-electron chi connectivity index (χ1n) is 8.69. The van der Waals surface area contributed by atoms with Crippen LogP contribution in [-0.4, -0.2) is 35.8 Å². The van der Waals surface area contributed by atoms with Gasteiger partial charge < -0.3 is 10.2 Å². The first-order valence-corrected chi connectivity index (χ1v) is 8.69. The smallest absolute Gasteiger partial charge is 0.311 e. The molecule has 1 N–H and O–H groups in total. The molecule has 0 aliphatic heterocycles. The third kappa shape index (κ3) is 6.06. The standard InChI is InChI=1S/C17H32N2O2/c1-4-6-12-19(13-7-5-2)17(21)16(20)18-15-11-9-8-10-14(15)3/h14-15H,4-13H2,1-3H3,(H,18,20). The van der Waals surface area contributed by atoms with Crippen LogP contribution in [0.15, 0.2) is 0 Å². The molecule has 2 amide bonds. The van der Waals surface area contributed by atoms with Gasteiger partial charge in [0.25, 0.3) is 0 Å². The van der Waals surface area contributed by atoms with Crippen molar-refractivity contribution in [1.29, 1.82) is 0 Å². The fourth-order valence-electron chi connectivity index (χ4n) is 2.92. The van der Waals surface area contributed by atoms with E-state index in [1.165, 1.54) is 6.42 Å². The zero-order valence-electron chi connectivity index (χ0n) is 14.0. The van der Waals surface area contributed by atoms with Gasteiger partial charge in [0.15, 0.2) is 0 Å². The first-order chi connectivity index (χ1) is 10.1. The molecule has 0 aromatic rings. The summed E-state index contributed by atoms with van der Waals surface area (Å²) >= 11 is 0. The highest BCUT2D eigenvalue weighted by Gasteiger charge is 2.27. The highest BCUT2D eigenvalue weighted by molar-refractivity contribution is 6.35. The van der Waals surface area contributed by atoms with Crippen molar-refractivity contribution in [2.75, 3.05) is 13.1 Å². The molecule has 4 nitrogen and oxygen atoms in total. The number of nitrogens with zero attached hydrogens (tertiary/aromatic N) is 1. The number of rotatable bonds is 7. The Morgan fingerprint density at radius 1 is 1.05 bits per heavy atom. The van der Waals surface area contributed by atoms with Gasteiger partial charge in [-0.3, -0.25) is 9.59 Å². The lowest BCUT2D eigenvalue weighted by Crippen LogP contribution is -2.49. The van der Waals surface area contributed by atoms with Crippen molar-refractivity contribution in [3.8, 4) is 0 Å². The number of nitrogens with one attached hydrogen (secondary N) is 1. The van der Waals surface area contributed by atoms with Crippen molar-refractivity contribution < 1.29 is 9.59 Å². The molecule has 0 spiro atoms. The molecule has 122 valence electrons. The van der Waals surface area contributed by atoms with Gasteiger partial charge in [-0.15, -0.1) is 0 Å². The van der Waals surface area contributed by atoms with Gasteiger partial charge in [-0.25, -0.2) is 0 Å². The second kappa shape index (κ2) is 9.80. The Morgan fingerprint density at radius 2 is 1.62 bits per heavy atom. The Kier molecular flexibility index (Phi) is 8.40. The second-order valence-electron chi connectivity index (χ2n) is 6.34. The summed E-state index contributed by atoms with van der Waals surface area (Å²) in [5, 5.41) is 2.97. The lowest BCUT2D eigenvalue weighted by atomic mass is 9.86. The summed E-state index contributed by atoms with van der Waals surface area (Å²) in [5.41, 5.74) is 0. The molecule has 1 aliphatic rings. The topological polar surface area (TPSA) is 49.4 Å². The van der Waals surface area contributed by atoms with E-state index < -0.39 is 5.91 Å². The van der Waals surface area contributed by atoms with E-state index in [4.69, 9.17) is 0 Å².